The van der Waals surface area contributed by atoms with Gasteiger partial charge in [0.05, 0.1) is 5.02 Å². The zero-order chi connectivity index (χ0) is 14.8. The van der Waals surface area contributed by atoms with E-state index in [0.717, 1.165) is 4.47 Å². The van der Waals surface area contributed by atoms with Gasteiger partial charge in [-0.3, -0.25) is 0 Å². The van der Waals surface area contributed by atoms with E-state index in [1.165, 1.54) is 4.68 Å². The third-order valence-corrected chi connectivity index (χ3v) is 3.21. The maximum atomic E-state index is 6.08. The van der Waals surface area contributed by atoms with E-state index in [2.05, 4.69) is 36.0 Å². The number of aromatic nitrogens is 5. The first-order valence-corrected chi connectivity index (χ1v) is 6.93. The van der Waals surface area contributed by atoms with Gasteiger partial charge in [-0.15, -0.1) is 0 Å². The van der Waals surface area contributed by atoms with Crippen molar-refractivity contribution in [2.45, 2.75) is 0 Å². The molecule has 2 N–H and O–H groups in total. The van der Waals surface area contributed by atoms with E-state index < -0.39 is 0 Å². The van der Waals surface area contributed by atoms with Crippen LogP contribution in [-0.2, 0) is 0 Å². The van der Waals surface area contributed by atoms with Crippen molar-refractivity contribution < 1.29 is 4.74 Å². The van der Waals surface area contributed by atoms with E-state index in [0.29, 0.717) is 10.8 Å². The summed E-state index contributed by atoms with van der Waals surface area (Å²) in [5, 5.41) is 4.45. The molecule has 0 saturated heterocycles. The highest BCUT2D eigenvalue weighted by molar-refractivity contribution is 9.10. The number of rotatable bonds is 3. The van der Waals surface area contributed by atoms with Gasteiger partial charge in [0, 0.05) is 16.9 Å². The minimum Gasteiger partial charge on any atom is -0.423 e. The Kier molecular flexibility index (Phi) is 3.72. The van der Waals surface area contributed by atoms with Crippen LogP contribution < -0.4 is 10.5 Å². The molecule has 9 heteroatoms. The number of nitrogens with two attached hydrogens (primary N) is 1. The molecule has 0 saturated carbocycles. The van der Waals surface area contributed by atoms with Crippen molar-refractivity contribution in [1.82, 2.24) is 24.7 Å². The van der Waals surface area contributed by atoms with Gasteiger partial charge in [0.25, 0.3) is 5.95 Å². The highest BCUT2D eigenvalue weighted by Crippen LogP contribution is 2.30. The second kappa shape index (κ2) is 5.66. The molecule has 0 bridgehead atoms. The summed E-state index contributed by atoms with van der Waals surface area (Å²) in [6.07, 6.45) is 3.29. The summed E-state index contributed by atoms with van der Waals surface area (Å²) >= 11 is 9.40. The second-order valence-corrected chi connectivity index (χ2v) is 5.23. The van der Waals surface area contributed by atoms with Gasteiger partial charge in [0.15, 0.2) is 0 Å². The lowest BCUT2D eigenvalue weighted by Gasteiger charge is -2.07. The molecule has 3 rings (SSSR count). The maximum absolute atomic E-state index is 6.08. The second-order valence-electron chi connectivity index (χ2n) is 3.90. The van der Waals surface area contributed by atoms with Crippen LogP contribution in [0.4, 0.5) is 5.95 Å². The number of halogens is 2. The Balaban J connectivity index is 1.95. The van der Waals surface area contributed by atoms with Gasteiger partial charge in [0.2, 0.25) is 5.95 Å². The van der Waals surface area contributed by atoms with Crippen LogP contribution in [0.3, 0.4) is 0 Å². The quantitative estimate of drug-likeness (QED) is 0.765. The van der Waals surface area contributed by atoms with Gasteiger partial charge in [-0.25, -0.2) is 4.68 Å². The molecule has 0 aliphatic carbocycles. The van der Waals surface area contributed by atoms with Crippen molar-refractivity contribution in [2.24, 2.45) is 0 Å². The monoisotopic (exact) mass is 366 g/mol. The third-order valence-electron chi connectivity index (χ3n) is 2.42. The normalized spacial score (nSPS) is 10.6. The van der Waals surface area contributed by atoms with Gasteiger partial charge in [-0.1, -0.05) is 27.5 Å². The molecule has 0 atom stereocenters. The number of hydrogen-bond donors (Lipinski definition) is 1. The predicted octanol–water partition coefficient (Wildman–Crippen LogP) is 2.85. The van der Waals surface area contributed by atoms with Crippen LogP contribution >= 0.6 is 27.5 Å². The van der Waals surface area contributed by atoms with Crippen molar-refractivity contribution in [2.75, 3.05) is 5.73 Å². The standard InChI is InChI=1S/C12H8BrClN6O/c13-7-2-3-9(8(14)6-7)21-12-18-10(15)17-11(19-12)20-5-1-4-16-20/h1-6H,(H2,15,17,18,19). The summed E-state index contributed by atoms with van der Waals surface area (Å²) in [5.41, 5.74) is 5.66. The molecule has 21 heavy (non-hydrogen) atoms. The van der Waals surface area contributed by atoms with E-state index in [-0.39, 0.29) is 17.9 Å². The molecule has 2 heterocycles. The maximum Gasteiger partial charge on any atom is 0.328 e. The van der Waals surface area contributed by atoms with E-state index in [9.17, 15) is 0 Å². The fourth-order valence-corrected chi connectivity index (χ4v) is 2.26. The zero-order valence-corrected chi connectivity index (χ0v) is 12.8. The average Bonchev–Trinajstić information content (AvgIpc) is 2.95. The molecule has 0 aliphatic rings. The molecule has 0 fully saturated rings. The molecule has 0 amide bonds. The lowest BCUT2D eigenvalue weighted by molar-refractivity contribution is 0.438. The number of anilines is 1. The number of nitrogen functional groups attached to an aromatic ring is 1. The smallest absolute Gasteiger partial charge is 0.328 e. The largest absolute Gasteiger partial charge is 0.423 e. The first-order valence-electron chi connectivity index (χ1n) is 5.76. The molecule has 0 radical (unpaired) electrons. The van der Waals surface area contributed by atoms with Crippen LogP contribution in [0.5, 0.6) is 11.8 Å². The lowest BCUT2D eigenvalue weighted by Crippen LogP contribution is -2.07. The minimum atomic E-state index is 0.0266. The average molecular weight is 368 g/mol. The first kappa shape index (κ1) is 13.8. The fraction of sp³-hybridized carbons (Fsp3) is 0. The van der Waals surface area contributed by atoms with Gasteiger partial charge in [-0.05, 0) is 24.3 Å². The SMILES string of the molecule is Nc1nc(Oc2ccc(Br)cc2Cl)nc(-n2cccn2)n1. The summed E-state index contributed by atoms with van der Waals surface area (Å²) in [4.78, 5) is 12.1. The predicted molar refractivity (Wildman–Crippen MR) is 80.6 cm³/mol. The molecule has 1 aromatic carbocycles. The Labute approximate surface area is 132 Å². The van der Waals surface area contributed by atoms with Crippen molar-refractivity contribution in [3.63, 3.8) is 0 Å². The van der Waals surface area contributed by atoms with Gasteiger partial charge < -0.3 is 10.5 Å². The van der Waals surface area contributed by atoms with Crippen LogP contribution in [0.25, 0.3) is 5.95 Å². The molecule has 7 nitrogen and oxygen atoms in total. The van der Waals surface area contributed by atoms with E-state index in [4.69, 9.17) is 22.1 Å². The Morgan fingerprint density at radius 3 is 2.81 bits per heavy atom. The summed E-state index contributed by atoms with van der Waals surface area (Å²) in [5.74, 6) is 0.700. The lowest BCUT2D eigenvalue weighted by atomic mass is 10.3. The zero-order valence-electron chi connectivity index (χ0n) is 10.4. The van der Waals surface area contributed by atoms with Crippen LogP contribution in [-0.4, -0.2) is 24.7 Å². The van der Waals surface area contributed by atoms with Crippen LogP contribution in [0, 0.1) is 0 Å². The number of nitrogens with zero attached hydrogens (tertiary/aromatic N) is 5. The highest BCUT2D eigenvalue weighted by Gasteiger charge is 2.10. The van der Waals surface area contributed by atoms with Crippen molar-refractivity contribution >= 4 is 33.5 Å². The van der Waals surface area contributed by atoms with Crippen LogP contribution in [0.2, 0.25) is 5.02 Å². The summed E-state index contributed by atoms with van der Waals surface area (Å²) in [6, 6.07) is 6.97. The molecular weight excluding hydrogens is 360 g/mol. The summed E-state index contributed by atoms with van der Waals surface area (Å²) in [6.45, 7) is 0. The Morgan fingerprint density at radius 2 is 2.10 bits per heavy atom. The highest BCUT2D eigenvalue weighted by atomic mass is 79.9. The minimum absolute atomic E-state index is 0.0266. The molecule has 0 unspecified atom stereocenters. The van der Waals surface area contributed by atoms with E-state index in [1.807, 2.05) is 0 Å². The molecule has 2 aromatic heterocycles. The third kappa shape index (κ3) is 3.11. The van der Waals surface area contributed by atoms with Gasteiger partial charge in [-0.2, -0.15) is 20.1 Å². The number of ether oxygens (including phenoxy) is 1. The number of hydrogen-bond acceptors (Lipinski definition) is 6. The summed E-state index contributed by atoms with van der Waals surface area (Å²) < 4.78 is 7.84. The number of benzene rings is 1. The Morgan fingerprint density at radius 1 is 1.24 bits per heavy atom. The van der Waals surface area contributed by atoms with Gasteiger partial charge >= 0.3 is 6.01 Å². The van der Waals surface area contributed by atoms with Crippen LogP contribution in [0.15, 0.2) is 41.1 Å². The van der Waals surface area contributed by atoms with Crippen molar-refractivity contribution in [3.05, 3.63) is 46.2 Å². The fourth-order valence-electron chi connectivity index (χ4n) is 1.55. The van der Waals surface area contributed by atoms with E-state index in [1.54, 1.807) is 36.7 Å². The molecule has 0 aliphatic heterocycles. The molecule has 0 spiro atoms. The molecule has 3 aromatic rings. The Hall–Kier alpha value is -2.19. The van der Waals surface area contributed by atoms with E-state index >= 15 is 0 Å². The van der Waals surface area contributed by atoms with Gasteiger partial charge in [0.1, 0.15) is 5.75 Å². The topological polar surface area (TPSA) is 91.7 Å². The first-order chi connectivity index (χ1) is 10.1. The summed E-state index contributed by atoms with van der Waals surface area (Å²) in [7, 11) is 0. The van der Waals surface area contributed by atoms with Crippen molar-refractivity contribution in [1.29, 1.82) is 0 Å². The Bertz CT molecular complexity index is 779. The van der Waals surface area contributed by atoms with Crippen molar-refractivity contribution in [3.8, 4) is 17.7 Å². The molecular formula is C12H8BrClN6O. The van der Waals surface area contributed by atoms with Crippen LogP contribution in [0.1, 0.15) is 0 Å². The molecule has 106 valence electrons.